The Balaban J connectivity index is 2.14. The van der Waals surface area contributed by atoms with Gasteiger partial charge in [-0.2, -0.15) is 0 Å². The Bertz CT molecular complexity index is 404. The van der Waals surface area contributed by atoms with E-state index < -0.39 is 0 Å². The molecule has 2 rings (SSSR count). The monoisotopic (exact) mass is 259 g/mol. The molecule has 1 aliphatic rings. The predicted molar refractivity (Wildman–Crippen MR) is 83.6 cm³/mol. The predicted octanol–water partition coefficient (Wildman–Crippen LogP) is 4.44. The van der Waals surface area contributed by atoms with E-state index in [9.17, 15) is 0 Å². The normalized spacial score (nSPS) is 27.1. The van der Waals surface area contributed by atoms with E-state index in [0.29, 0.717) is 5.41 Å². The molecule has 0 aromatic heterocycles. The van der Waals surface area contributed by atoms with Gasteiger partial charge in [0.1, 0.15) is 0 Å². The van der Waals surface area contributed by atoms with Gasteiger partial charge < -0.3 is 5.32 Å². The van der Waals surface area contributed by atoms with Crippen LogP contribution < -0.4 is 5.32 Å². The Hall–Kier alpha value is -0.820. The average molecular weight is 259 g/mol. The molecule has 0 bridgehead atoms. The van der Waals surface area contributed by atoms with Gasteiger partial charge in [-0.15, -0.1) is 0 Å². The lowest BCUT2D eigenvalue weighted by Gasteiger charge is -2.49. The van der Waals surface area contributed by atoms with Crippen molar-refractivity contribution >= 4 is 0 Å². The second kappa shape index (κ2) is 5.28. The zero-order chi connectivity index (χ0) is 14.1. The van der Waals surface area contributed by atoms with Gasteiger partial charge in [0, 0.05) is 17.5 Å². The first kappa shape index (κ1) is 14.6. The highest BCUT2D eigenvalue weighted by atomic mass is 15.0. The Labute approximate surface area is 118 Å². The zero-order valence-corrected chi connectivity index (χ0v) is 13.2. The fourth-order valence-electron chi connectivity index (χ4n) is 3.16. The number of benzene rings is 1. The van der Waals surface area contributed by atoms with E-state index in [4.69, 9.17) is 0 Å². The number of hydrogen-bond donors (Lipinski definition) is 1. The second-order valence-corrected chi connectivity index (χ2v) is 7.43. The van der Waals surface area contributed by atoms with Crippen LogP contribution in [0.3, 0.4) is 0 Å². The second-order valence-electron chi connectivity index (χ2n) is 7.43. The third-order valence-electron chi connectivity index (χ3n) is 4.56. The molecule has 0 heterocycles. The molecule has 1 saturated carbocycles. The van der Waals surface area contributed by atoms with Crippen molar-refractivity contribution in [1.82, 2.24) is 5.32 Å². The third-order valence-corrected chi connectivity index (χ3v) is 4.56. The molecular formula is C18H29N. The molecule has 1 nitrogen and oxygen atoms in total. The van der Waals surface area contributed by atoms with Gasteiger partial charge in [0.25, 0.3) is 0 Å². The molecule has 0 atom stereocenters. The smallest absolute Gasteiger partial charge is 0.00968 e. The van der Waals surface area contributed by atoms with Crippen molar-refractivity contribution in [1.29, 1.82) is 0 Å². The molecule has 0 aliphatic heterocycles. The summed E-state index contributed by atoms with van der Waals surface area (Å²) in [5.41, 5.74) is 3.46. The molecule has 0 amide bonds. The van der Waals surface area contributed by atoms with Crippen LogP contribution in [0, 0.1) is 12.8 Å². The van der Waals surface area contributed by atoms with Crippen LogP contribution in [0.2, 0.25) is 0 Å². The first-order valence-corrected chi connectivity index (χ1v) is 7.67. The van der Waals surface area contributed by atoms with Gasteiger partial charge in [0.05, 0.1) is 0 Å². The number of hydrogen-bond acceptors (Lipinski definition) is 1. The van der Waals surface area contributed by atoms with Gasteiger partial charge in [-0.05, 0) is 52.0 Å². The highest BCUT2D eigenvalue weighted by Gasteiger charge is 2.44. The molecule has 0 unspecified atom stereocenters. The van der Waals surface area contributed by atoms with Gasteiger partial charge in [-0.1, -0.05) is 43.2 Å². The minimum absolute atomic E-state index is 0.203. The highest BCUT2D eigenvalue weighted by Crippen LogP contribution is 2.49. The lowest BCUT2D eigenvalue weighted by atomic mass is 9.57. The quantitative estimate of drug-likeness (QED) is 0.843. The minimum atomic E-state index is 0.203. The fourth-order valence-corrected chi connectivity index (χ4v) is 3.16. The van der Waals surface area contributed by atoms with Crippen LogP contribution in [0.1, 0.15) is 58.1 Å². The van der Waals surface area contributed by atoms with Crippen molar-refractivity contribution in [2.45, 2.75) is 64.8 Å². The Morgan fingerprint density at radius 3 is 2.21 bits per heavy atom. The Morgan fingerprint density at radius 2 is 1.74 bits per heavy atom. The molecule has 1 aromatic rings. The first-order chi connectivity index (χ1) is 8.85. The van der Waals surface area contributed by atoms with E-state index in [1.165, 1.54) is 30.4 Å². The SMILES string of the molecule is CCC1CC(CNC(C)(C)C)(c2ccc(C)cc2)C1. The summed E-state index contributed by atoms with van der Waals surface area (Å²) in [5.74, 6) is 0.920. The topological polar surface area (TPSA) is 12.0 Å². The van der Waals surface area contributed by atoms with E-state index in [-0.39, 0.29) is 5.54 Å². The van der Waals surface area contributed by atoms with Gasteiger partial charge >= 0.3 is 0 Å². The van der Waals surface area contributed by atoms with E-state index in [2.05, 4.69) is 64.2 Å². The molecule has 1 aliphatic carbocycles. The lowest BCUT2D eigenvalue weighted by Crippen LogP contribution is -2.52. The van der Waals surface area contributed by atoms with Crippen LogP contribution in [0.5, 0.6) is 0 Å². The van der Waals surface area contributed by atoms with Crippen molar-refractivity contribution in [2.24, 2.45) is 5.92 Å². The molecule has 1 heteroatoms. The maximum atomic E-state index is 3.72. The summed E-state index contributed by atoms with van der Waals surface area (Å²) in [6.07, 6.45) is 4.01. The summed E-state index contributed by atoms with van der Waals surface area (Å²) in [7, 11) is 0. The summed E-state index contributed by atoms with van der Waals surface area (Å²) in [5, 5.41) is 3.72. The van der Waals surface area contributed by atoms with E-state index >= 15 is 0 Å². The van der Waals surface area contributed by atoms with Crippen LogP contribution in [-0.2, 0) is 5.41 Å². The highest BCUT2D eigenvalue weighted by molar-refractivity contribution is 5.32. The van der Waals surface area contributed by atoms with Crippen LogP contribution >= 0.6 is 0 Å². The Kier molecular flexibility index (Phi) is 4.06. The van der Waals surface area contributed by atoms with Crippen molar-refractivity contribution < 1.29 is 0 Å². The van der Waals surface area contributed by atoms with Gasteiger partial charge in [0.15, 0.2) is 0 Å². The Morgan fingerprint density at radius 1 is 1.16 bits per heavy atom. The van der Waals surface area contributed by atoms with Crippen LogP contribution in [-0.4, -0.2) is 12.1 Å². The minimum Gasteiger partial charge on any atom is -0.311 e. The summed E-state index contributed by atoms with van der Waals surface area (Å²) < 4.78 is 0. The molecule has 0 saturated heterocycles. The maximum Gasteiger partial charge on any atom is 0.00968 e. The standard InChI is InChI=1S/C18H29N/c1-6-15-11-18(12-15,13-19-17(3,4)5)16-9-7-14(2)8-10-16/h7-10,15,19H,6,11-13H2,1-5H3. The fraction of sp³-hybridized carbons (Fsp3) is 0.667. The van der Waals surface area contributed by atoms with E-state index in [0.717, 1.165) is 12.5 Å². The molecule has 1 fully saturated rings. The van der Waals surface area contributed by atoms with E-state index in [1.807, 2.05) is 0 Å². The lowest BCUT2D eigenvalue weighted by molar-refractivity contribution is 0.125. The summed E-state index contributed by atoms with van der Waals surface area (Å²) in [6.45, 7) is 12.4. The maximum absolute atomic E-state index is 3.72. The van der Waals surface area contributed by atoms with Crippen LogP contribution in [0.15, 0.2) is 24.3 Å². The average Bonchev–Trinajstić information content (AvgIpc) is 2.28. The molecule has 0 spiro atoms. The van der Waals surface area contributed by atoms with Crippen LogP contribution in [0.25, 0.3) is 0 Å². The number of rotatable bonds is 4. The van der Waals surface area contributed by atoms with Crippen LogP contribution in [0.4, 0.5) is 0 Å². The molecular weight excluding hydrogens is 230 g/mol. The van der Waals surface area contributed by atoms with Crippen molar-refractivity contribution in [3.05, 3.63) is 35.4 Å². The molecule has 1 aromatic carbocycles. The first-order valence-electron chi connectivity index (χ1n) is 7.67. The van der Waals surface area contributed by atoms with Crippen molar-refractivity contribution in [2.75, 3.05) is 6.54 Å². The van der Waals surface area contributed by atoms with Gasteiger partial charge in [-0.3, -0.25) is 0 Å². The van der Waals surface area contributed by atoms with Gasteiger partial charge in [-0.25, -0.2) is 0 Å². The molecule has 19 heavy (non-hydrogen) atoms. The van der Waals surface area contributed by atoms with Gasteiger partial charge in [0.2, 0.25) is 0 Å². The summed E-state index contributed by atoms with van der Waals surface area (Å²) in [6, 6.07) is 9.19. The third kappa shape index (κ3) is 3.39. The number of nitrogens with one attached hydrogen (secondary N) is 1. The largest absolute Gasteiger partial charge is 0.311 e. The van der Waals surface area contributed by atoms with Crippen molar-refractivity contribution in [3.8, 4) is 0 Å². The molecule has 106 valence electrons. The molecule has 0 radical (unpaired) electrons. The molecule has 1 N–H and O–H groups in total. The van der Waals surface area contributed by atoms with Crippen molar-refractivity contribution in [3.63, 3.8) is 0 Å². The zero-order valence-electron chi connectivity index (χ0n) is 13.2. The number of aryl methyl sites for hydroxylation is 1. The summed E-state index contributed by atoms with van der Waals surface area (Å²) >= 11 is 0. The van der Waals surface area contributed by atoms with E-state index in [1.54, 1.807) is 0 Å². The summed E-state index contributed by atoms with van der Waals surface area (Å²) in [4.78, 5) is 0.